The number of hydrogen-bond acceptors (Lipinski definition) is 4. The highest BCUT2D eigenvalue weighted by molar-refractivity contribution is 7.17. The molecule has 1 heterocycles. The molecule has 1 aromatic heterocycles. The van der Waals surface area contributed by atoms with Crippen molar-refractivity contribution in [3.05, 3.63) is 81.6 Å². The topological polar surface area (TPSA) is 77.8 Å². The van der Waals surface area contributed by atoms with Crippen molar-refractivity contribution >= 4 is 44.9 Å². The van der Waals surface area contributed by atoms with E-state index in [9.17, 15) is 19.1 Å². The summed E-state index contributed by atoms with van der Waals surface area (Å²) in [6.07, 6.45) is 0.660. The van der Waals surface area contributed by atoms with Gasteiger partial charge in [-0.1, -0.05) is 23.7 Å². The molecule has 0 saturated carbocycles. The number of hydrogen-bond donors (Lipinski definition) is 2. The number of thiophene rings is 1. The number of aliphatic hydroxyl groups excluding tert-OH is 1. The summed E-state index contributed by atoms with van der Waals surface area (Å²) < 4.78 is 14.2. The fourth-order valence-corrected chi connectivity index (χ4v) is 3.78. The number of carbonyl (C=O) groups is 2. The molecule has 3 rings (SSSR count). The van der Waals surface area contributed by atoms with Crippen LogP contribution in [-0.2, 0) is 22.7 Å². The summed E-state index contributed by atoms with van der Waals surface area (Å²) in [6, 6.07) is 11.1. The second-order valence-electron chi connectivity index (χ2n) is 6.06. The average Bonchev–Trinajstić information content (AvgIpc) is 3.04. The number of fused-ring (bicyclic) bond motifs is 1. The van der Waals surface area contributed by atoms with Crippen LogP contribution in [0, 0.1) is 5.82 Å². The predicted octanol–water partition coefficient (Wildman–Crippen LogP) is 4.75. The van der Waals surface area contributed by atoms with Gasteiger partial charge in [-0.3, -0.25) is 4.79 Å². The molecule has 0 aliphatic heterocycles. The number of aliphatic carboxylic acids is 1. The van der Waals surface area contributed by atoms with E-state index in [0.29, 0.717) is 16.7 Å². The van der Waals surface area contributed by atoms with Crippen LogP contribution in [-0.4, -0.2) is 27.0 Å². The predicted molar refractivity (Wildman–Crippen MR) is 106 cm³/mol. The van der Waals surface area contributed by atoms with E-state index in [-0.39, 0.29) is 13.1 Å². The number of aliphatic hydroxyl groups is 1. The van der Waals surface area contributed by atoms with Gasteiger partial charge in [0.25, 0.3) is 5.91 Å². The Bertz CT molecular complexity index is 1060. The number of rotatable bonds is 6. The van der Waals surface area contributed by atoms with Gasteiger partial charge in [0.05, 0.1) is 6.08 Å². The van der Waals surface area contributed by atoms with Gasteiger partial charge in [-0.05, 0) is 52.2 Å². The van der Waals surface area contributed by atoms with Gasteiger partial charge in [-0.25, -0.2) is 9.18 Å². The molecule has 5 nitrogen and oxygen atoms in total. The van der Waals surface area contributed by atoms with E-state index in [1.807, 2.05) is 11.4 Å². The van der Waals surface area contributed by atoms with Crippen molar-refractivity contribution in [1.82, 2.24) is 4.90 Å². The molecule has 3 aromatic rings. The summed E-state index contributed by atoms with van der Waals surface area (Å²) >= 11 is 7.57. The molecule has 0 atom stereocenters. The number of benzene rings is 2. The lowest BCUT2D eigenvalue weighted by Crippen LogP contribution is -2.29. The Kier molecular flexibility index (Phi) is 5.96. The Hall–Kier alpha value is -2.90. The van der Waals surface area contributed by atoms with Crippen LogP contribution in [0.15, 0.2) is 59.7 Å². The van der Waals surface area contributed by atoms with E-state index < -0.39 is 23.5 Å². The molecule has 0 unspecified atom stereocenters. The van der Waals surface area contributed by atoms with Gasteiger partial charge in [0, 0.05) is 22.8 Å². The Morgan fingerprint density at radius 2 is 1.82 bits per heavy atom. The maximum Gasteiger partial charge on any atom is 0.371 e. The van der Waals surface area contributed by atoms with Crippen molar-refractivity contribution in [2.75, 3.05) is 0 Å². The average molecular weight is 420 g/mol. The van der Waals surface area contributed by atoms with Gasteiger partial charge in [-0.15, -0.1) is 11.3 Å². The Labute approximate surface area is 168 Å². The van der Waals surface area contributed by atoms with Crippen LogP contribution in [0.4, 0.5) is 4.39 Å². The monoisotopic (exact) mass is 419 g/mol. The summed E-state index contributed by atoms with van der Waals surface area (Å²) in [6.45, 7) is 0.278. The maximum absolute atomic E-state index is 13.2. The highest BCUT2D eigenvalue weighted by Crippen LogP contribution is 2.30. The zero-order valence-corrected chi connectivity index (χ0v) is 16.0. The zero-order chi connectivity index (χ0) is 20.3. The first-order valence-corrected chi connectivity index (χ1v) is 9.42. The SMILES string of the molecule is O=C(O)C(O)=CC(=O)N(Cc1ccc(F)cc1)Cc1csc2ccc(Cl)cc12. The third-order valence-electron chi connectivity index (χ3n) is 4.05. The Morgan fingerprint density at radius 3 is 2.50 bits per heavy atom. The van der Waals surface area contributed by atoms with Crippen molar-refractivity contribution in [3.63, 3.8) is 0 Å². The first-order chi connectivity index (χ1) is 13.3. The molecule has 2 N–H and O–H groups in total. The van der Waals surface area contributed by atoms with Gasteiger partial charge in [0.1, 0.15) is 5.82 Å². The fourth-order valence-electron chi connectivity index (χ4n) is 2.67. The molecule has 0 radical (unpaired) electrons. The molecule has 0 spiro atoms. The molecule has 0 aliphatic carbocycles. The van der Waals surface area contributed by atoms with Gasteiger partial charge in [-0.2, -0.15) is 0 Å². The lowest BCUT2D eigenvalue weighted by Gasteiger charge is -2.21. The molecule has 0 saturated heterocycles. The smallest absolute Gasteiger partial charge is 0.371 e. The number of carboxylic acid groups (broad SMARTS) is 1. The minimum atomic E-state index is -1.59. The number of carboxylic acids is 1. The maximum atomic E-state index is 13.2. The molecule has 0 fully saturated rings. The van der Waals surface area contributed by atoms with E-state index in [0.717, 1.165) is 15.6 Å². The van der Waals surface area contributed by atoms with Gasteiger partial charge in [0.15, 0.2) is 0 Å². The first kappa shape index (κ1) is 19.9. The third kappa shape index (κ3) is 4.68. The quantitative estimate of drug-likeness (QED) is 0.446. The molecular weight excluding hydrogens is 405 g/mol. The van der Waals surface area contributed by atoms with Crippen molar-refractivity contribution in [2.24, 2.45) is 0 Å². The van der Waals surface area contributed by atoms with Crippen molar-refractivity contribution in [2.45, 2.75) is 13.1 Å². The molecule has 144 valence electrons. The van der Waals surface area contributed by atoms with E-state index in [4.69, 9.17) is 16.7 Å². The van der Waals surface area contributed by atoms with Gasteiger partial charge < -0.3 is 15.1 Å². The Morgan fingerprint density at radius 1 is 1.11 bits per heavy atom. The van der Waals surface area contributed by atoms with E-state index >= 15 is 0 Å². The van der Waals surface area contributed by atoms with E-state index in [1.54, 1.807) is 24.3 Å². The van der Waals surface area contributed by atoms with E-state index in [2.05, 4.69) is 0 Å². The van der Waals surface area contributed by atoms with Crippen LogP contribution in [0.3, 0.4) is 0 Å². The number of amides is 1. The minimum Gasteiger partial charge on any atom is -0.502 e. The fraction of sp³-hybridized carbons (Fsp3) is 0.100. The molecule has 2 aromatic carbocycles. The lowest BCUT2D eigenvalue weighted by atomic mass is 10.1. The Balaban J connectivity index is 1.93. The van der Waals surface area contributed by atoms with Gasteiger partial charge >= 0.3 is 5.97 Å². The lowest BCUT2D eigenvalue weighted by molar-refractivity contribution is -0.136. The normalized spacial score (nSPS) is 11.6. The largest absolute Gasteiger partial charge is 0.502 e. The summed E-state index contributed by atoms with van der Waals surface area (Å²) in [7, 11) is 0. The standard InChI is InChI=1S/C20H15ClFNO4S/c21-14-3-6-18-16(7-14)13(11-28-18)10-23(19(25)8-17(24)20(26)27)9-12-1-4-15(22)5-2-12/h1-8,11,24H,9-10H2,(H,26,27). The van der Waals surface area contributed by atoms with Crippen LogP contribution >= 0.6 is 22.9 Å². The number of carbonyl (C=O) groups excluding carboxylic acids is 1. The highest BCUT2D eigenvalue weighted by atomic mass is 35.5. The van der Waals surface area contributed by atoms with Crippen LogP contribution in [0.2, 0.25) is 5.02 Å². The molecule has 1 amide bonds. The number of nitrogens with zero attached hydrogens (tertiary/aromatic N) is 1. The minimum absolute atomic E-state index is 0.112. The molecule has 0 aliphatic rings. The van der Waals surface area contributed by atoms with Crippen molar-refractivity contribution < 1.29 is 24.2 Å². The zero-order valence-electron chi connectivity index (χ0n) is 14.4. The first-order valence-electron chi connectivity index (χ1n) is 8.16. The summed E-state index contributed by atoms with van der Waals surface area (Å²) in [5.41, 5.74) is 1.50. The second kappa shape index (κ2) is 8.41. The van der Waals surface area contributed by atoms with Crippen LogP contribution < -0.4 is 0 Å². The van der Waals surface area contributed by atoms with E-state index in [1.165, 1.54) is 28.4 Å². The van der Waals surface area contributed by atoms with Crippen molar-refractivity contribution in [1.29, 1.82) is 0 Å². The summed E-state index contributed by atoms with van der Waals surface area (Å²) in [5, 5.41) is 21.6. The molecule has 8 heteroatoms. The molecular formula is C20H15ClFNO4S. The number of halogens is 2. The summed E-state index contributed by atoms with van der Waals surface area (Å²) in [5.74, 6) is -3.72. The van der Waals surface area contributed by atoms with Crippen molar-refractivity contribution in [3.8, 4) is 0 Å². The van der Waals surface area contributed by atoms with Crippen LogP contribution in [0.1, 0.15) is 11.1 Å². The highest BCUT2D eigenvalue weighted by Gasteiger charge is 2.18. The summed E-state index contributed by atoms with van der Waals surface area (Å²) in [4.78, 5) is 24.8. The second-order valence-corrected chi connectivity index (χ2v) is 7.40. The van der Waals surface area contributed by atoms with Gasteiger partial charge in [0.2, 0.25) is 5.76 Å². The molecule has 28 heavy (non-hydrogen) atoms. The van der Waals surface area contributed by atoms with Crippen LogP contribution in [0.5, 0.6) is 0 Å². The van der Waals surface area contributed by atoms with Crippen LogP contribution in [0.25, 0.3) is 10.1 Å². The third-order valence-corrected chi connectivity index (χ3v) is 5.30. The molecule has 0 bridgehead atoms.